The standard InChI is InChI=1S/C14H18N6O2/c21-14(11-19-6-8-22-9-7-19)15-10-13-16-17-18-20(13)12-4-2-1-3-5-12/h1-5H,6-11H2,(H,15,21). The van der Waals surface area contributed by atoms with Gasteiger partial charge in [-0.25, -0.2) is 0 Å². The minimum Gasteiger partial charge on any atom is -0.379 e. The highest BCUT2D eigenvalue weighted by Gasteiger charge is 2.15. The van der Waals surface area contributed by atoms with Gasteiger partial charge in [0.15, 0.2) is 5.82 Å². The molecule has 1 aromatic carbocycles. The van der Waals surface area contributed by atoms with Crippen LogP contribution in [0.4, 0.5) is 0 Å². The second-order valence-corrected chi connectivity index (χ2v) is 5.01. The maximum atomic E-state index is 12.0. The van der Waals surface area contributed by atoms with Gasteiger partial charge in [0.2, 0.25) is 5.91 Å². The second kappa shape index (κ2) is 7.10. The lowest BCUT2D eigenvalue weighted by Gasteiger charge is -2.25. The first-order chi connectivity index (χ1) is 10.8. The van der Waals surface area contributed by atoms with Crippen LogP contribution < -0.4 is 5.32 Å². The van der Waals surface area contributed by atoms with Gasteiger partial charge < -0.3 is 10.1 Å². The van der Waals surface area contributed by atoms with Crippen LogP contribution in [0, 0.1) is 0 Å². The largest absolute Gasteiger partial charge is 0.379 e. The van der Waals surface area contributed by atoms with Gasteiger partial charge in [-0.15, -0.1) is 5.10 Å². The van der Waals surface area contributed by atoms with Crippen LogP contribution in [0.5, 0.6) is 0 Å². The highest BCUT2D eigenvalue weighted by atomic mass is 16.5. The molecule has 116 valence electrons. The van der Waals surface area contributed by atoms with Gasteiger partial charge in [-0.3, -0.25) is 9.69 Å². The van der Waals surface area contributed by atoms with Gasteiger partial charge in [0, 0.05) is 13.1 Å². The van der Waals surface area contributed by atoms with E-state index in [4.69, 9.17) is 4.74 Å². The van der Waals surface area contributed by atoms with Gasteiger partial charge in [0.25, 0.3) is 0 Å². The van der Waals surface area contributed by atoms with E-state index in [1.165, 1.54) is 0 Å². The molecule has 0 bridgehead atoms. The van der Waals surface area contributed by atoms with Crippen LogP contribution in [-0.2, 0) is 16.1 Å². The van der Waals surface area contributed by atoms with Crippen LogP contribution in [0.25, 0.3) is 5.69 Å². The van der Waals surface area contributed by atoms with Crippen molar-refractivity contribution >= 4 is 5.91 Å². The highest BCUT2D eigenvalue weighted by molar-refractivity contribution is 5.77. The number of nitrogens with zero attached hydrogens (tertiary/aromatic N) is 5. The molecule has 0 radical (unpaired) electrons. The Morgan fingerprint density at radius 1 is 1.23 bits per heavy atom. The number of morpholine rings is 1. The molecule has 1 N–H and O–H groups in total. The van der Waals surface area contributed by atoms with Crippen molar-refractivity contribution in [1.29, 1.82) is 0 Å². The van der Waals surface area contributed by atoms with Crippen molar-refractivity contribution in [1.82, 2.24) is 30.4 Å². The average molecular weight is 302 g/mol. The van der Waals surface area contributed by atoms with Crippen molar-refractivity contribution in [3.8, 4) is 5.69 Å². The molecule has 0 unspecified atom stereocenters. The van der Waals surface area contributed by atoms with Crippen molar-refractivity contribution in [2.45, 2.75) is 6.54 Å². The number of amides is 1. The molecule has 1 fully saturated rings. The number of ether oxygens (including phenoxy) is 1. The molecule has 1 aromatic heterocycles. The number of nitrogens with one attached hydrogen (secondary N) is 1. The first-order valence-electron chi connectivity index (χ1n) is 7.22. The van der Waals surface area contributed by atoms with Gasteiger partial charge in [-0.2, -0.15) is 4.68 Å². The van der Waals surface area contributed by atoms with Crippen molar-refractivity contribution in [2.75, 3.05) is 32.8 Å². The smallest absolute Gasteiger partial charge is 0.234 e. The Kier molecular flexibility index (Phi) is 4.71. The van der Waals surface area contributed by atoms with Gasteiger partial charge >= 0.3 is 0 Å². The molecule has 2 heterocycles. The predicted molar refractivity (Wildman–Crippen MR) is 78.3 cm³/mol. The molecular formula is C14H18N6O2. The molecule has 3 rings (SSSR count). The summed E-state index contributed by atoms with van der Waals surface area (Å²) in [6.45, 7) is 3.60. The summed E-state index contributed by atoms with van der Waals surface area (Å²) >= 11 is 0. The van der Waals surface area contributed by atoms with E-state index in [1.54, 1.807) is 4.68 Å². The molecule has 1 aliphatic heterocycles. The molecule has 0 aliphatic carbocycles. The number of para-hydroxylation sites is 1. The number of aromatic nitrogens is 4. The van der Waals surface area contributed by atoms with Gasteiger partial charge in [-0.05, 0) is 22.6 Å². The summed E-state index contributed by atoms with van der Waals surface area (Å²) in [6, 6.07) is 9.58. The third-order valence-electron chi connectivity index (χ3n) is 3.45. The average Bonchev–Trinajstić information content (AvgIpc) is 3.03. The van der Waals surface area contributed by atoms with E-state index < -0.39 is 0 Å². The number of carbonyl (C=O) groups is 1. The minimum atomic E-state index is -0.0375. The fourth-order valence-corrected chi connectivity index (χ4v) is 2.28. The first-order valence-corrected chi connectivity index (χ1v) is 7.22. The summed E-state index contributed by atoms with van der Waals surface area (Å²) < 4.78 is 6.88. The van der Waals surface area contributed by atoms with Gasteiger partial charge in [0.05, 0.1) is 32.0 Å². The van der Waals surface area contributed by atoms with Crippen LogP contribution in [-0.4, -0.2) is 63.9 Å². The van der Waals surface area contributed by atoms with Crippen LogP contribution in [0.1, 0.15) is 5.82 Å². The molecule has 8 heteroatoms. The zero-order valence-corrected chi connectivity index (χ0v) is 12.2. The van der Waals surface area contributed by atoms with E-state index in [0.717, 1.165) is 18.8 Å². The Labute approximate surface area is 128 Å². The van der Waals surface area contributed by atoms with Gasteiger partial charge in [0.1, 0.15) is 0 Å². The van der Waals surface area contributed by atoms with Crippen molar-refractivity contribution in [2.24, 2.45) is 0 Å². The predicted octanol–water partition coefficient (Wildman–Crippen LogP) is -0.389. The zero-order chi connectivity index (χ0) is 15.2. The molecule has 2 aromatic rings. The molecule has 0 spiro atoms. The molecule has 1 aliphatic rings. The number of carbonyl (C=O) groups excluding carboxylic acids is 1. The monoisotopic (exact) mass is 302 g/mol. The molecule has 1 saturated heterocycles. The number of hydrogen-bond donors (Lipinski definition) is 1. The van der Waals surface area contributed by atoms with E-state index in [1.807, 2.05) is 30.3 Å². The summed E-state index contributed by atoms with van der Waals surface area (Å²) in [5.74, 6) is 0.561. The molecule has 0 saturated carbocycles. The summed E-state index contributed by atoms with van der Waals surface area (Å²) in [5.41, 5.74) is 0.866. The zero-order valence-electron chi connectivity index (χ0n) is 12.2. The third-order valence-corrected chi connectivity index (χ3v) is 3.45. The Hall–Kier alpha value is -2.32. The fourth-order valence-electron chi connectivity index (χ4n) is 2.28. The van der Waals surface area contributed by atoms with Gasteiger partial charge in [-0.1, -0.05) is 18.2 Å². The lowest BCUT2D eigenvalue weighted by molar-refractivity contribution is -0.123. The summed E-state index contributed by atoms with van der Waals surface area (Å²) in [6.07, 6.45) is 0. The Morgan fingerprint density at radius 3 is 2.77 bits per heavy atom. The van der Waals surface area contributed by atoms with E-state index in [0.29, 0.717) is 32.1 Å². The molecule has 1 amide bonds. The minimum absolute atomic E-state index is 0.0375. The number of tetrazole rings is 1. The maximum Gasteiger partial charge on any atom is 0.234 e. The topological polar surface area (TPSA) is 85.2 Å². The van der Waals surface area contributed by atoms with Crippen molar-refractivity contribution in [3.05, 3.63) is 36.2 Å². The highest BCUT2D eigenvalue weighted by Crippen LogP contribution is 2.06. The summed E-state index contributed by atoms with van der Waals surface area (Å²) in [4.78, 5) is 14.1. The number of benzene rings is 1. The molecule has 8 nitrogen and oxygen atoms in total. The van der Waals surface area contributed by atoms with E-state index in [9.17, 15) is 4.79 Å². The maximum absolute atomic E-state index is 12.0. The SMILES string of the molecule is O=C(CN1CCOCC1)NCc1nnnn1-c1ccccc1. The first kappa shape index (κ1) is 14.6. The lowest BCUT2D eigenvalue weighted by atomic mass is 10.3. The van der Waals surface area contributed by atoms with Crippen molar-refractivity contribution < 1.29 is 9.53 Å². The fraction of sp³-hybridized carbons (Fsp3) is 0.429. The van der Waals surface area contributed by atoms with Crippen LogP contribution >= 0.6 is 0 Å². The van der Waals surface area contributed by atoms with E-state index >= 15 is 0 Å². The van der Waals surface area contributed by atoms with E-state index in [2.05, 4.69) is 25.7 Å². The normalized spacial score (nSPS) is 15.6. The summed E-state index contributed by atoms with van der Waals surface area (Å²) in [7, 11) is 0. The summed E-state index contributed by atoms with van der Waals surface area (Å²) in [5, 5.41) is 14.5. The van der Waals surface area contributed by atoms with Crippen LogP contribution in [0.3, 0.4) is 0 Å². The van der Waals surface area contributed by atoms with Crippen LogP contribution in [0.2, 0.25) is 0 Å². The Bertz CT molecular complexity index is 609. The van der Waals surface area contributed by atoms with Crippen molar-refractivity contribution in [3.63, 3.8) is 0 Å². The third kappa shape index (κ3) is 3.66. The molecule has 22 heavy (non-hydrogen) atoms. The second-order valence-electron chi connectivity index (χ2n) is 5.01. The van der Waals surface area contributed by atoms with Crippen LogP contribution in [0.15, 0.2) is 30.3 Å². The Balaban J connectivity index is 1.55. The lowest BCUT2D eigenvalue weighted by Crippen LogP contribution is -2.43. The molecular weight excluding hydrogens is 284 g/mol. The number of rotatable bonds is 5. The molecule has 0 atom stereocenters. The number of hydrogen-bond acceptors (Lipinski definition) is 6. The Morgan fingerprint density at radius 2 is 2.00 bits per heavy atom. The quantitative estimate of drug-likeness (QED) is 0.810. The van der Waals surface area contributed by atoms with E-state index in [-0.39, 0.29) is 5.91 Å².